The Kier molecular flexibility index (Phi) is 3.48. The Labute approximate surface area is 88.7 Å². The van der Waals surface area contributed by atoms with E-state index in [4.69, 9.17) is 0 Å². The van der Waals surface area contributed by atoms with E-state index in [0.717, 1.165) is 23.9 Å². The average Bonchev–Trinajstić information content (AvgIpc) is 2.48. The van der Waals surface area contributed by atoms with Gasteiger partial charge in [-0.3, -0.25) is 0 Å². The highest BCUT2D eigenvalue weighted by Gasteiger charge is 2.30. The van der Waals surface area contributed by atoms with Crippen LogP contribution in [0.1, 0.15) is 58.8 Å². The second-order valence-corrected chi connectivity index (χ2v) is 5.35. The van der Waals surface area contributed by atoms with Crippen molar-refractivity contribution in [3.8, 4) is 0 Å². The molecule has 0 aliphatic heterocycles. The smallest absolute Gasteiger partial charge is 0.00978 e. The van der Waals surface area contributed by atoms with E-state index in [1.165, 1.54) is 44.9 Å². The minimum absolute atomic E-state index is 0.779. The zero-order chi connectivity index (χ0) is 9.97. The molecular weight excluding hydrogens is 170 g/mol. The predicted molar refractivity (Wildman–Crippen MR) is 61.4 cm³/mol. The van der Waals surface area contributed by atoms with Crippen molar-refractivity contribution in [1.29, 1.82) is 0 Å². The molecule has 0 heterocycles. The Hall–Kier alpha value is -0.0400. The maximum Gasteiger partial charge on any atom is 0.00978 e. The molecule has 2 aliphatic rings. The summed E-state index contributed by atoms with van der Waals surface area (Å²) in [7, 11) is 0. The number of rotatable bonds is 4. The van der Waals surface area contributed by atoms with Gasteiger partial charge in [0.1, 0.15) is 0 Å². The van der Waals surface area contributed by atoms with Crippen LogP contribution in [0.5, 0.6) is 0 Å². The topological polar surface area (TPSA) is 12.0 Å². The van der Waals surface area contributed by atoms with Gasteiger partial charge in [-0.1, -0.05) is 26.2 Å². The van der Waals surface area contributed by atoms with Gasteiger partial charge in [0.05, 0.1) is 0 Å². The van der Waals surface area contributed by atoms with E-state index in [0.29, 0.717) is 0 Å². The normalized spacial score (nSPS) is 35.6. The summed E-state index contributed by atoms with van der Waals surface area (Å²) in [4.78, 5) is 0. The van der Waals surface area contributed by atoms with E-state index in [1.54, 1.807) is 0 Å². The standard InChI is InChI=1S/C13H25N/c1-3-11-6-5-9-13(11)14-10(2)12-7-4-8-12/h10-14H,3-9H2,1-2H3. The molecule has 1 heteroatoms. The van der Waals surface area contributed by atoms with Crippen LogP contribution in [0.3, 0.4) is 0 Å². The van der Waals surface area contributed by atoms with Crippen molar-refractivity contribution in [3.05, 3.63) is 0 Å². The molecule has 2 aliphatic carbocycles. The zero-order valence-electron chi connectivity index (χ0n) is 9.76. The largest absolute Gasteiger partial charge is 0.311 e. The van der Waals surface area contributed by atoms with Gasteiger partial charge < -0.3 is 5.32 Å². The highest BCUT2D eigenvalue weighted by molar-refractivity contribution is 4.87. The summed E-state index contributed by atoms with van der Waals surface area (Å²) in [6.07, 6.45) is 10.1. The molecule has 0 aromatic rings. The van der Waals surface area contributed by atoms with Crippen LogP contribution < -0.4 is 5.32 Å². The fourth-order valence-electron chi connectivity index (χ4n) is 3.16. The van der Waals surface area contributed by atoms with Crippen molar-refractivity contribution >= 4 is 0 Å². The first-order chi connectivity index (χ1) is 6.81. The summed E-state index contributed by atoms with van der Waals surface area (Å²) in [5, 5.41) is 3.88. The lowest BCUT2D eigenvalue weighted by Gasteiger charge is -2.35. The molecule has 3 unspecified atom stereocenters. The van der Waals surface area contributed by atoms with Gasteiger partial charge in [-0.2, -0.15) is 0 Å². The Morgan fingerprint density at radius 3 is 2.43 bits per heavy atom. The summed E-state index contributed by atoms with van der Waals surface area (Å²) in [5.41, 5.74) is 0. The van der Waals surface area contributed by atoms with Gasteiger partial charge in [-0.15, -0.1) is 0 Å². The Balaban J connectivity index is 1.77. The lowest BCUT2D eigenvalue weighted by Crippen LogP contribution is -2.44. The monoisotopic (exact) mass is 195 g/mol. The highest BCUT2D eigenvalue weighted by atomic mass is 15.0. The van der Waals surface area contributed by atoms with E-state index >= 15 is 0 Å². The molecular formula is C13H25N. The van der Waals surface area contributed by atoms with Crippen molar-refractivity contribution in [1.82, 2.24) is 5.32 Å². The lowest BCUT2D eigenvalue weighted by molar-refractivity contribution is 0.213. The minimum Gasteiger partial charge on any atom is -0.311 e. The molecule has 0 bridgehead atoms. The number of hydrogen-bond donors (Lipinski definition) is 1. The Morgan fingerprint density at radius 1 is 1.14 bits per heavy atom. The van der Waals surface area contributed by atoms with Gasteiger partial charge in [0, 0.05) is 12.1 Å². The van der Waals surface area contributed by atoms with Crippen LogP contribution >= 0.6 is 0 Å². The highest BCUT2D eigenvalue weighted by Crippen LogP contribution is 2.33. The van der Waals surface area contributed by atoms with Crippen LogP contribution in [0.2, 0.25) is 0 Å². The minimum atomic E-state index is 0.779. The van der Waals surface area contributed by atoms with Crippen LogP contribution in [0.25, 0.3) is 0 Å². The molecule has 0 saturated heterocycles. The first-order valence-electron chi connectivity index (χ1n) is 6.57. The molecule has 0 aromatic heterocycles. The Bertz CT molecular complexity index is 174. The summed E-state index contributed by atoms with van der Waals surface area (Å²) in [6.45, 7) is 4.74. The number of hydrogen-bond acceptors (Lipinski definition) is 1. The third kappa shape index (κ3) is 2.13. The molecule has 0 amide bonds. The van der Waals surface area contributed by atoms with Gasteiger partial charge in [-0.05, 0) is 44.4 Å². The molecule has 1 N–H and O–H groups in total. The average molecular weight is 195 g/mol. The van der Waals surface area contributed by atoms with Crippen molar-refractivity contribution in [3.63, 3.8) is 0 Å². The first-order valence-corrected chi connectivity index (χ1v) is 6.57. The molecule has 2 rings (SSSR count). The lowest BCUT2D eigenvalue weighted by atomic mass is 9.80. The summed E-state index contributed by atoms with van der Waals surface area (Å²) in [5.74, 6) is 1.96. The van der Waals surface area contributed by atoms with E-state index in [1.807, 2.05) is 0 Å². The second-order valence-electron chi connectivity index (χ2n) is 5.35. The number of nitrogens with one attached hydrogen (secondary N) is 1. The second kappa shape index (κ2) is 4.65. The molecule has 2 fully saturated rings. The fourth-order valence-corrected chi connectivity index (χ4v) is 3.16. The van der Waals surface area contributed by atoms with Gasteiger partial charge >= 0.3 is 0 Å². The van der Waals surface area contributed by atoms with Gasteiger partial charge in [-0.25, -0.2) is 0 Å². The summed E-state index contributed by atoms with van der Waals surface area (Å²) >= 11 is 0. The van der Waals surface area contributed by atoms with Crippen molar-refractivity contribution in [2.24, 2.45) is 11.8 Å². The van der Waals surface area contributed by atoms with Crippen LogP contribution in [0.4, 0.5) is 0 Å². The van der Waals surface area contributed by atoms with Crippen LogP contribution in [0, 0.1) is 11.8 Å². The Morgan fingerprint density at radius 2 is 1.86 bits per heavy atom. The van der Waals surface area contributed by atoms with Gasteiger partial charge in [0.15, 0.2) is 0 Å². The van der Waals surface area contributed by atoms with Crippen molar-refractivity contribution in [2.45, 2.75) is 70.9 Å². The van der Waals surface area contributed by atoms with Gasteiger partial charge in [0.2, 0.25) is 0 Å². The predicted octanol–water partition coefficient (Wildman–Crippen LogP) is 3.34. The molecule has 0 aromatic carbocycles. The summed E-state index contributed by atoms with van der Waals surface area (Å²) in [6, 6.07) is 1.62. The van der Waals surface area contributed by atoms with Crippen LogP contribution in [-0.2, 0) is 0 Å². The molecule has 0 radical (unpaired) electrons. The SMILES string of the molecule is CCC1CCCC1NC(C)C1CCC1. The maximum atomic E-state index is 3.88. The molecule has 3 atom stereocenters. The van der Waals surface area contributed by atoms with E-state index < -0.39 is 0 Å². The van der Waals surface area contributed by atoms with E-state index in [9.17, 15) is 0 Å². The van der Waals surface area contributed by atoms with Gasteiger partial charge in [0.25, 0.3) is 0 Å². The molecule has 2 saturated carbocycles. The third-order valence-corrected chi connectivity index (χ3v) is 4.52. The third-order valence-electron chi connectivity index (χ3n) is 4.52. The molecule has 82 valence electrons. The van der Waals surface area contributed by atoms with Crippen LogP contribution in [-0.4, -0.2) is 12.1 Å². The zero-order valence-corrected chi connectivity index (χ0v) is 9.76. The molecule has 1 nitrogen and oxygen atoms in total. The van der Waals surface area contributed by atoms with Crippen molar-refractivity contribution in [2.75, 3.05) is 0 Å². The quantitative estimate of drug-likeness (QED) is 0.725. The van der Waals surface area contributed by atoms with Crippen molar-refractivity contribution < 1.29 is 0 Å². The van der Waals surface area contributed by atoms with E-state index in [2.05, 4.69) is 19.2 Å². The maximum absolute atomic E-state index is 3.88. The fraction of sp³-hybridized carbons (Fsp3) is 1.00. The first kappa shape index (κ1) is 10.5. The molecule has 0 spiro atoms. The van der Waals surface area contributed by atoms with Crippen LogP contribution in [0.15, 0.2) is 0 Å². The van der Waals surface area contributed by atoms with E-state index in [-0.39, 0.29) is 0 Å². The molecule has 14 heavy (non-hydrogen) atoms. The summed E-state index contributed by atoms with van der Waals surface area (Å²) < 4.78 is 0.